The minimum atomic E-state index is -0.385. The van der Waals surface area contributed by atoms with Crippen LogP contribution >= 0.6 is 11.6 Å². The molecule has 0 unspecified atom stereocenters. The van der Waals surface area contributed by atoms with Gasteiger partial charge in [0.15, 0.2) is 0 Å². The van der Waals surface area contributed by atoms with Gasteiger partial charge in [-0.15, -0.1) is 5.10 Å². The van der Waals surface area contributed by atoms with Crippen LogP contribution in [0.3, 0.4) is 0 Å². The highest BCUT2D eigenvalue weighted by molar-refractivity contribution is 6.31. The third-order valence-corrected chi connectivity index (χ3v) is 2.98. The van der Waals surface area contributed by atoms with Crippen molar-refractivity contribution in [2.24, 2.45) is 0 Å². The average molecular weight is 291 g/mol. The molecule has 1 aromatic carbocycles. The predicted octanol–water partition coefficient (Wildman–Crippen LogP) is 2.91. The topological polar surface area (TPSA) is 64.7 Å². The van der Waals surface area contributed by atoms with Gasteiger partial charge >= 0.3 is 0 Å². The smallest absolute Gasteiger partial charge is 0.231 e. The summed E-state index contributed by atoms with van der Waals surface area (Å²) in [4.78, 5) is 4.21. The van der Waals surface area contributed by atoms with Gasteiger partial charge < -0.3 is 4.52 Å². The van der Waals surface area contributed by atoms with Crippen LogP contribution in [0.4, 0.5) is 4.39 Å². The largest absolute Gasteiger partial charge is 0.339 e. The van der Waals surface area contributed by atoms with E-state index in [1.807, 2.05) is 0 Å². The number of nitrogens with zero attached hydrogens (tertiary/aromatic N) is 4. The van der Waals surface area contributed by atoms with E-state index in [0.29, 0.717) is 34.4 Å². The maximum absolute atomic E-state index is 13.0. The number of rotatable bonds is 3. The summed E-state index contributed by atoms with van der Waals surface area (Å²) in [5.41, 5.74) is 1.23. The lowest BCUT2D eigenvalue weighted by atomic mass is 10.1. The molecule has 0 saturated heterocycles. The Labute approximate surface area is 118 Å². The fourth-order valence-corrected chi connectivity index (χ4v) is 1.91. The molecule has 100 valence electrons. The number of aromatic nitrogens is 4. The first-order valence-electron chi connectivity index (χ1n) is 5.77. The van der Waals surface area contributed by atoms with Gasteiger partial charge in [-0.3, -0.25) is 0 Å². The SMILES string of the molecule is Fc1ccc(Cc2nc(-c3cccnn3)no2)c(Cl)c1. The van der Waals surface area contributed by atoms with Crippen molar-refractivity contribution < 1.29 is 8.91 Å². The monoisotopic (exact) mass is 290 g/mol. The lowest BCUT2D eigenvalue weighted by Crippen LogP contribution is -1.91. The highest BCUT2D eigenvalue weighted by Gasteiger charge is 2.12. The van der Waals surface area contributed by atoms with Crippen LogP contribution in [-0.2, 0) is 6.42 Å². The number of benzene rings is 1. The molecule has 5 nitrogen and oxygen atoms in total. The zero-order valence-electron chi connectivity index (χ0n) is 10.1. The highest BCUT2D eigenvalue weighted by atomic mass is 35.5. The summed E-state index contributed by atoms with van der Waals surface area (Å²) >= 11 is 5.95. The fourth-order valence-electron chi connectivity index (χ4n) is 1.68. The molecule has 0 atom stereocenters. The summed E-state index contributed by atoms with van der Waals surface area (Å²) in [5, 5.41) is 11.8. The van der Waals surface area contributed by atoms with Crippen molar-refractivity contribution in [1.82, 2.24) is 20.3 Å². The van der Waals surface area contributed by atoms with E-state index < -0.39 is 0 Å². The summed E-state index contributed by atoms with van der Waals surface area (Å²) in [5.74, 6) is 0.343. The molecule has 7 heteroatoms. The van der Waals surface area contributed by atoms with Gasteiger partial charge in [-0.05, 0) is 29.8 Å². The third kappa shape index (κ3) is 2.65. The molecule has 0 aliphatic carbocycles. The molecular formula is C13H8ClFN4O. The van der Waals surface area contributed by atoms with Crippen molar-refractivity contribution in [3.63, 3.8) is 0 Å². The van der Waals surface area contributed by atoms with Gasteiger partial charge in [-0.1, -0.05) is 22.8 Å². The van der Waals surface area contributed by atoms with Gasteiger partial charge in [0.1, 0.15) is 11.5 Å². The quantitative estimate of drug-likeness (QED) is 0.742. The molecule has 0 spiro atoms. The van der Waals surface area contributed by atoms with Crippen LogP contribution in [0.15, 0.2) is 41.1 Å². The van der Waals surface area contributed by atoms with E-state index in [9.17, 15) is 4.39 Å². The minimum absolute atomic E-state index is 0.323. The van der Waals surface area contributed by atoms with E-state index in [4.69, 9.17) is 16.1 Å². The van der Waals surface area contributed by atoms with Crippen molar-refractivity contribution in [1.29, 1.82) is 0 Å². The zero-order chi connectivity index (χ0) is 13.9. The maximum Gasteiger partial charge on any atom is 0.231 e. The molecule has 3 aromatic rings. The van der Waals surface area contributed by atoms with Crippen molar-refractivity contribution >= 4 is 11.6 Å². The van der Waals surface area contributed by atoms with Crippen LogP contribution in [0.2, 0.25) is 5.02 Å². The number of halogens is 2. The van der Waals surface area contributed by atoms with Crippen LogP contribution < -0.4 is 0 Å². The molecule has 0 N–H and O–H groups in total. The highest BCUT2D eigenvalue weighted by Crippen LogP contribution is 2.21. The Morgan fingerprint density at radius 2 is 2.15 bits per heavy atom. The van der Waals surface area contributed by atoms with Crippen molar-refractivity contribution in [3.8, 4) is 11.5 Å². The van der Waals surface area contributed by atoms with Crippen LogP contribution in [0, 0.1) is 5.82 Å². The molecule has 0 saturated carbocycles. The van der Waals surface area contributed by atoms with Crippen LogP contribution in [0.1, 0.15) is 11.5 Å². The summed E-state index contributed by atoms with van der Waals surface area (Å²) < 4.78 is 18.1. The summed E-state index contributed by atoms with van der Waals surface area (Å²) in [7, 11) is 0. The summed E-state index contributed by atoms with van der Waals surface area (Å²) in [6, 6.07) is 7.63. The summed E-state index contributed by atoms with van der Waals surface area (Å²) in [6.45, 7) is 0. The Morgan fingerprint density at radius 1 is 1.25 bits per heavy atom. The second-order valence-corrected chi connectivity index (χ2v) is 4.44. The first-order chi connectivity index (χ1) is 9.72. The first-order valence-corrected chi connectivity index (χ1v) is 6.15. The van der Waals surface area contributed by atoms with E-state index in [1.54, 1.807) is 24.4 Å². The van der Waals surface area contributed by atoms with Gasteiger partial charge in [0.25, 0.3) is 0 Å². The molecule has 0 bridgehead atoms. The lowest BCUT2D eigenvalue weighted by Gasteiger charge is -2.00. The Morgan fingerprint density at radius 3 is 2.90 bits per heavy atom. The average Bonchev–Trinajstić information content (AvgIpc) is 2.92. The second-order valence-electron chi connectivity index (χ2n) is 4.03. The van der Waals surface area contributed by atoms with Crippen molar-refractivity contribution in [2.75, 3.05) is 0 Å². The lowest BCUT2D eigenvalue weighted by molar-refractivity contribution is 0.385. The maximum atomic E-state index is 13.0. The fraction of sp³-hybridized carbons (Fsp3) is 0.0769. The summed E-state index contributed by atoms with van der Waals surface area (Å²) in [6.07, 6.45) is 1.88. The van der Waals surface area contributed by atoms with Gasteiger partial charge in [0.05, 0.1) is 6.42 Å². The molecule has 0 amide bonds. The van der Waals surface area contributed by atoms with Gasteiger partial charge in [0.2, 0.25) is 11.7 Å². The van der Waals surface area contributed by atoms with Gasteiger partial charge in [0, 0.05) is 11.2 Å². The van der Waals surface area contributed by atoms with E-state index in [2.05, 4.69) is 20.3 Å². The molecule has 0 fully saturated rings. The van der Waals surface area contributed by atoms with Crippen LogP contribution in [0.5, 0.6) is 0 Å². The normalized spacial score (nSPS) is 10.7. The van der Waals surface area contributed by atoms with Crippen molar-refractivity contribution in [3.05, 3.63) is 58.8 Å². The Bertz CT molecular complexity index is 732. The van der Waals surface area contributed by atoms with Crippen LogP contribution in [-0.4, -0.2) is 20.3 Å². The van der Waals surface area contributed by atoms with E-state index in [0.717, 1.165) is 0 Å². The number of hydrogen-bond acceptors (Lipinski definition) is 5. The van der Waals surface area contributed by atoms with Gasteiger partial charge in [-0.2, -0.15) is 10.1 Å². The minimum Gasteiger partial charge on any atom is -0.339 e. The second kappa shape index (κ2) is 5.34. The molecule has 0 aliphatic heterocycles. The standard InChI is InChI=1S/C13H8ClFN4O/c14-10-7-9(15)4-3-8(10)6-12-17-13(19-20-12)11-2-1-5-16-18-11/h1-5,7H,6H2. The van der Waals surface area contributed by atoms with Gasteiger partial charge in [-0.25, -0.2) is 4.39 Å². The molecule has 0 radical (unpaired) electrons. The Balaban J connectivity index is 1.84. The third-order valence-electron chi connectivity index (χ3n) is 2.63. The zero-order valence-corrected chi connectivity index (χ0v) is 10.9. The molecule has 2 aromatic heterocycles. The first kappa shape index (κ1) is 12.7. The Kier molecular flexibility index (Phi) is 3.39. The Hall–Kier alpha value is -2.34. The molecule has 2 heterocycles. The van der Waals surface area contributed by atoms with E-state index in [1.165, 1.54) is 12.1 Å². The molecule has 20 heavy (non-hydrogen) atoms. The van der Waals surface area contributed by atoms with Crippen molar-refractivity contribution in [2.45, 2.75) is 6.42 Å². The van der Waals surface area contributed by atoms with Crippen LogP contribution in [0.25, 0.3) is 11.5 Å². The van der Waals surface area contributed by atoms with E-state index in [-0.39, 0.29) is 5.82 Å². The molecule has 0 aliphatic rings. The number of hydrogen-bond donors (Lipinski definition) is 0. The van der Waals surface area contributed by atoms with E-state index >= 15 is 0 Å². The predicted molar refractivity (Wildman–Crippen MR) is 69.5 cm³/mol. The molecule has 3 rings (SSSR count). The molecular weight excluding hydrogens is 283 g/mol.